The van der Waals surface area contributed by atoms with E-state index in [9.17, 15) is 0 Å². The highest BCUT2D eigenvalue weighted by Crippen LogP contribution is 2.38. The standard InChI is InChI=1S/C18H20O/c1-18(2,3)19-12-14-8-6-10-16-15-9-5-4-7-13(15)11-17(14)16/h4-10H,11-12H2,1-3H3. The maximum Gasteiger partial charge on any atom is 0.0727 e. The number of ether oxygens (including phenoxy) is 1. The minimum Gasteiger partial charge on any atom is -0.371 e. The van der Waals surface area contributed by atoms with Gasteiger partial charge in [-0.1, -0.05) is 42.5 Å². The van der Waals surface area contributed by atoms with E-state index < -0.39 is 0 Å². The number of benzene rings is 2. The Bertz CT molecular complexity index is 605. The number of hydrogen-bond acceptors (Lipinski definition) is 1. The molecule has 0 spiro atoms. The SMILES string of the molecule is CC(C)(C)OCc1cccc2c1Cc1ccccc1-2. The van der Waals surface area contributed by atoms with E-state index in [1.807, 2.05) is 0 Å². The zero-order chi connectivity index (χ0) is 13.5. The average Bonchev–Trinajstić information content (AvgIpc) is 2.74. The molecular formula is C18H20O. The van der Waals surface area contributed by atoms with Gasteiger partial charge in [-0.15, -0.1) is 0 Å². The average molecular weight is 252 g/mol. The summed E-state index contributed by atoms with van der Waals surface area (Å²) in [6.07, 6.45) is 1.04. The molecule has 2 aromatic rings. The smallest absolute Gasteiger partial charge is 0.0727 e. The second-order valence-electron chi connectivity index (χ2n) is 6.18. The highest BCUT2D eigenvalue weighted by Gasteiger charge is 2.21. The Morgan fingerprint density at radius 1 is 0.947 bits per heavy atom. The summed E-state index contributed by atoms with van der Waals surface area (Å²) >= 11 is 0. The summed E-state index contributed by atoms with van der Waals surface area (Å²) in [5, 5.41) is 0. The van der Waals surface area contributed by atoms with Crippen LogP contribution in [0.25, 0.3) is 11.1 Å². The van der Waals surface area contributed by atoms with Gasteiger partial charge < -0.3 is 4.74 Å². The van der Waals surface area contributed by atoms with Gasteiger partial charge in [-0.25, -0.2) is 0 Å². The van der Waals surface area contributed by atoms with E-state index in [2.05, 4.69) is 63.2 Å². The minimum absolute atomic E-state index is 0.0891. The van der Waals surface area contributed by atoms with Gasteiger partial charge in [-0.05, 0) is 55.0 Å². The van der Waals surface area contributed by atoms with E-state index >= 15 is 0 Å². The van der Waals surface area contributed by atoms with Crippen molar-refractivity contribution in [2.24, 2.45) is 0 Å². The molecule has 0 saturated carbocycles. The molecular weight excluding hydrogens is 232 g/mol. The summed E-state index contributed by atoms with van der Waals surface area (Å²) in [7, 11) is 0. The van der Waals surface area contributed by atoms with Crippen LogP contribution in [0.3, 0.4) is 0 Å². The van der Waals surface area contributed by atoms with Gasteiger partial charge in [0.15, 0.2) is 0 Å². The fourth-order valence-corrected chi connectivity index (χ4v) is 2.65. The minimum atomic E-state index is -0.0891. The van der Waals surface area contributed by atoms with Gasteiger partial charge in [-0.2, -0.15) is 0 Å². The van der Waals surface area contributed by atoms with Crippen LogP contribution in [0.15, 0.2) is 42.5 Å². The third-order valence-corrected chi connectivity index (χ3v) is 3.61. The van der Waals surface area contributed by atoms with Gasteiger partial charge in [0, 0.05) is 0 Å². The summed E-state index contributed by atoms with van der Waals surface area (Å²) < 4.78 is 5.94. The van der Waals surface area contributed by atoms with Crippen molar-refractivity contribution in [3.8, 4) is 11.1 Å². The lowest BCUT2D eigenvalue weighted by atomic mass is 10.0. The Kier molecular flexibility index (Phi) is 2.94. The van der Waals surface area contributed by atoms with Crippen molar-refractivity contribution >= 4 is 0 Å². The molecule has 1 aliphatic rings. The normalized spacial score (nSPS) is 13.2. The van der Waals surface area contributed by atoms with Crippen LogP contribution in [0.1, 0.15) is 37.5 Å². The molecule has 1 heteroatoms. The first kappa shape index (κ1) is 12.4. The van der Waals surface area contributed by atoms with Crippen LogP contribution in [-0.2, 0) is 17.8 Å². The van der Waals surface area contributed by atoms with Crippen molar-refractivity contribution in [2.45, 2.75) is 39.4 Å². The molecule has 0 aliphatic heterocycles. The first-order chi connectivity index (χ1) is 9.04. The van der Waals surface area contributed by atoms with Gasteiger partial charge in [0.2, 0.25) is 0 Å². The lowest BCUT2D eigenvalue weighted by Gasteiger charge is -2.20. The molecule has 0 fully saturated rings. The molecule has 0 N–H and O–H groups in total. The third kappa shape index (κ3) is 2.43. The summed E-state index contributed by atoms with van der Waals surface area (Å²) in [4.78, 5) is 0. The van der Waals surface area contributed by atoms with Crippen molar-refractivity contribution in [3.05, 3.63) is 59.2 Å². The Labute approximate surface area is 115 Å². The summed E-state index contributed by atoms with van der Waals surface area (Å²) in [6.45, 7) is 7.00. The fourth-order valence-electron chi connectivity index (χ4n) is 2.65. The van der Waals surface area contributed by atoms with Gasteiger partial charge in [0.05, 0.1) is 12.2 Å². The molecule has 0 unspecified atom stereocenters. The van der Waals surface area contributed by atoms with Crippen LogP contribution in [0.2, 0.25) is 0 Å². The van der Waals surface area contributed by atoms with Gasteiger partial charge in [0.25, 0.3) is 0 Å². The maximum atomic E-state index is 5.94. The lowest BCUT2D eigenvalue weighted by molar-refractivity contribution is -0.0151. The van der Waals surface area contributed by atoms with Gasteiger partial charge in [-0.3, -0.25) is 0 Å². The molecule has 98 valence electrons. The number of rotatable bonds is 2. The highest BCUT2D eigenvalue weighted by molar-refractivity contribution is 5.77. The van der Waals surface area contributed by atoms with E-state index in [1.165, 1.54) is 27.8 Å². The summed E-state index contributed by atoms with van der Waals surface area (Å²) in [5.41, 5.74) is 6.87. The van der Waals surface area contributed by atoms with Crippen molar-refractivity contribution in [3.63, 3.8) is 0 Å². The molecule has 2 aromatic carbocycles. The van der Waals surface area contributed by atoms with Gasteiger partial charge in [0.1, 0.15) is 0 Å². The zero-order valence-electron chi connectivity index (χ0n) is 11.9. The second kappa shape index (κ2) is 4.50. The first-order valence-corrected chi connectivity index (χ1v) is 6.87. The van der Waals surface area contributed by atoms with E-state index in [-0.39, 0.29) is 5.60 Å². The summed E-state index contributed by atoms with van der Waals surface area (Å²) in [5.74, 6) is 0. The predicted octanol–water partition coefficient (Wildman–Crippen LogP) is 4.57. The predicted molar refractivity (Wildman–Crippen MR) is 79.2 cm³/mol. The third-order valence-electron chi connectivity index (χ3n) is 3.61. The van der Waals surface area contributed by atoms with Crippen molar-refractivity contribution < 1.29 is 4.74 Å². The van der Waals surface area contributed by atoms with Crippen LogP contribution in [-0.4, -0.2) is 5.60 Å². The molecule has 3 rings (SSSR count). The zero-order valence-corrected chi connectivity index (χ0v) is 11.9. The van der Waals surface area contributed by atoms with Crippen molar-refractivity contribution in [1.82, 2.24) is 0 Å². The monoisotopic (exact) mass is 252 g/mol. The molecule has 0 amide bonds. The topological polar surface area (TPSA) is 9.23 Å². The lowest BCUT2D eigenvalue weighted by Crippen LogP contribution is -2.19. The largest absolute Gasteiger partial charge is 0.371 e. The summed E-state index contributed by atoms with van der Waals surface area (Å²) in [6, 6.07) is 15.2. The maximum absolute atomic E-state index is 5.94. The molecule has 0 aromatic heterocycles. The molecule has 0 heterocycles. The Morgan fingerprint density at radius 3 is 2.47 bits per heavy atom. The molecule has 1 nitrogen and oxygen atoms in total. The molecule has 19 heavy (non-hydrogen) atoms. The first-order valence-electron chi connectivity index (χ1n) is 6.87. The van der Waals surface area contributed by atoms with E-state index in [0.29, 0.717) is 6.61 Å². The van der Waals surface area contributed by atoms with Crippen molar-refractivity contribution in [1.29, 1.82) is 0 Å². The van der Waals surface area contributed by atoms with Crippen LogP contribution in [0, 0.1) is 0 Å². The van der Waals surface area contributed by atoms with Gasteiger partial charge >= 0.3 is 0 Å². The van der Waals surface area contributed by atoms with E-state index in [4.69, 9.17) is 4.74 Å². The quantitative estimate of drug-likeness (QED) is 0.649. The fraction of sp³-hybridized carbons (Fsp3) is 0.333. The molecule has 0 bridgehead atoms. The number of fused-ring (bicyclic) bond motifs is 3. The van der Waals surface area contributed by atoms with Crippen molar-refractivity contribution in [2.75, 3.05) is 0 Å². The molecule has 0 radical (unpaired) electrons. The number of hydrogen-bond donors (Lipinski definition) is 0. The highest BCUT2D eigenvalue weighted by atomic mass is 16.5. The molecule has 0 saturated heterocycles. The Hall–Kier alpha value is -1.60. The second-order valence-corrected chi connectivity index (χ2v) is 6.18. The Balaban J connectivity index is 1.95. The molecule has 0 atom stereocenters. The van der Waals surface area contributed by atoms with Crippen LogP contribution >= 0.6 is 0 Å². The van der Waals surface area contributed by atoms with E-state index in [1.54, 1.807) is 0 Å². The van der Waals surface area contributed by atoms with Crippen LogP contribution in [0.5, 0.6) is 0 Å². The van der Waals surface area contributed by atoms with Crippen LogP contribution in [0.4, 0.5) is 0 Å². The Morgan fingerprint density at radius 2 is 1.68 bits per heavy atom. The van der Waals surface area contributed by atoms with E-state index in [0.717, 1.165) is 6.42 Å². The molecule has 1 aliphatic carbocycles. The van der Waals surface area contributed by atoms with Crippen LogP contribution < -0.4 is 0 Å².